The molecule has 4 heteroatoms. The molecule has 132 valence electrons. The van der Waals surface area contributed by atoms with Crippen LogP contribution < -0.4 is 0 Å². The molecule has 0 aliphatic carbocycles. The molecule has 2 nitrogen and oxygen atoms in total. The zero-order valence-electron chi connectivity index (χ0n) is 15.1. The van der Waals surface area contributed by atoms with Gasteiger partial charge in [-0.05, 0) is 0 Å². The van der Waals surface area contributed by atoms with Crippen LogP contribution in [-0.2, 0) is 9.53 Å². The van der Waals surface area contributed by atoms with E-state index in [1.165, 1.54) is 70.6 Å². The standard InChI is InChI=1S/C16H31O2S.2CH3.Sn.H/c1-2-3-4-5-6-7-8-9-10-11-12-13-14-18-16(17)15-19;;;;/h15,19H,2-14H2,1H3;2*1H3;;. The molecule has 0 aliphatic heterocycles. The van der Waals surface area contributed by atoms with Crippen LogP contribution in [0.15, 0.2) is 0 Å². The van der Waals surface area contributed by atoms with Crippen molar-refractivity contribution in [2.24, 2.45) is 0 Å². The molecular formula is C18H38O2SSn. The molecule has 0 aliphatic rings. The molecule has 0 spiro atoms. The molecule has 0 aromatic heterocycles. The molecule has 0 aromatic carbocycles. The summed E-state index contributed by atoms with van der Waals surface area (Å²) in [6.45, 7) is 2.86. The number of hydrogen-bond acceptors (Lipinski definition) is 3. The third-order valence-corrected chi connectivity index (χ3v) is 12.7. The van der Waals surface area contributed by atoms with E-state index in [9.17, 15) is 4.79 Å². The van der Waals surface area contributed by atoms with Crippen molar-refractivity contribution in [2.45, 2.75) is 97.1 Å². The molecule has 0 amide bonds. The normalized spacial score (nSPS) is 12.6. The van der Waals surface area contributed by atoms with E-state index < -0.39 is 19.8 Å². The van der Waals surface area contributed by atoms with Gasteiger partial charge in [-0.3, -0.25) is 0 Å². The Hall–Kier alpha value is 0.619. The van der Waals surface area contributed by atoms with E-state index in [0.717, 1.165) is 6.42 Å². The van der Waals surface area contributed by atoms with Crippen LogP contribution >= 0.6 is 12.6 Å². The van der Waals surface area contributed by atoms with Gasteiger partial charge in [0.2, 0.25) is 0 Å². The second-order valence-corrected chi connectivity index (χ2v) is 17.9. The van der Waals surface area contributed by atoms with Gasteiger partial charge in [-0.25, -0.2) is 0 Å². The molecule has 1 unspecified atom stereocenters. The van der Waals surface area contributed by atoms with Crippen LogP contribution in [0.1, 0.15) is 84.0 Å². The summed E-state index contributed by atoms with van der Waals surface area (Å²) in [6.07, 6.45) is 16.0. The fourth-order valence-electron chi connectivity index (χ4n) is 2.47. The quantitative estimate of drug-likeness (QED) is 0.157. The molecule has 0 fully saturated rings. The first-order valence-corrected chi connectivity index (χ1v) is 18.4. The predicted molar refractivity (Wildman–Crippen MR) is 104 cm³/mol. The number of carbonyl (C=O) groups is 1. The Morgan fingerprint density at radius 3 is 1.68 bits per heavy atom. The number of unbranched alkanes of at least 4 members (excludes halogenated alkanes) is 11. The minimum atomic E-state index is -1.67. The predicted octanol–water partition coefficient (Wildman–Crippen LogP) is 5.56. The Morgan fingerprint density at radius 1 is 0.864 bits per heavy atom. The van der Waals surface area contributed by atoms with Gasteiger partial charge in [0, 0.05) is 0 Å². The van der Waals surface area contributed by atoms with Gasteiger partial charge in [-0.1, -0.05) is 32.6 Å². The van der Waals surface area contributed by atoms with E-state index in [2.05, 4.69) is 29.4 Å². The van der Waals surface area contributed by atoms with Crippen LogP contribution in [0.2, 0.25) is 9.88 Å². The van der Waals surface area contributed by atoms with Crippen molar-refractivity contribution < 1.29 is 9.53 Å². The Labute approximate surface area is 151 Å². The number of rotatable bonds is 15. The van der Waals surface area contributed by atoms with E-state index >= 15 is 0 Å². The van der Waals surface area contributed by atoms with Crippen molar-refractivity contribution in [3.05, 3.63) is 0 Å². The van der Waals surface area contributed by atoms with Crippen molar-refractivity contribution in [2.75, 3.05) is 6.61 Å². The first-order chi connectivity index (χ1) is 10.6. The van der Waals surface area contributed by atoms with E-state index in [0.29, 0.717) is 6.61 Å². The van der Waals surface area contributed by atoms with Crippen molar-refractivity contribution in [1.82, 2.24) is 0 Å². The third kappa shape index (κ3) is 14.2. The second-order valence-electron chi connectivity index (χ2n) is 6.75. The molecule has 0 bridgehead atoms. The zero-order valence-corrected chi connectivity index (χ0v) is 19.3. The molecule has 0 saturated heterocycles. The van der Waals surface area contributed by atoms with E-state index in [1.54, 1.807) is 0 Å². The van der Waals surface area contributed by atoms with Gasteiger partial charge in [0.05, 0.1) is 0 Å². The first-order valence-electron chi connectivity index (χ1n) is 9.44. The van der Waals surface area contributed by atoms with Gasteiger partial charge in [0.25, 0.3) is 0 Å². The van der Waals surface area contributed by atoms with Crippen molar-refractivity contribution in [3.63, 3.8) is 0 Å². The Bertz CT molecular complexity index is 259. The fraction of sp³-hybridized carbons (Fsp3) is 0.944. The monoisotopic (exact) mass is 438 g/mol. The van der Waals surface area contributed by atoms with Crippen LogP contribution in [0.3, 0.4) is 0 Å². The number of hydrogen-bond donors (Lipinski definition) is 1. The summed E-state index contributed by atoms with van der Waals surface area (Å²) >= 11 is 2.69. The zero-order chi connectivity index (χ0) is 16.6. The molecule has 0 heterocycles. The van der Waals surface area contributed by atoms with Crippen LogP contribution in [0, 0.1) is 0 Å². The molecule has 0 radical (unpaired) electrons. The molecule has 0 rings (SSSR count). The van der Waals surface area contributed by atoms with E-state index in [4.69, 9.17) is 4.74 Å². The topological polar surface area (TPSA) is 26.3 Å². The van der Waals surface area contributed by atoms with Gasteiger partial charge in [0.15, 0.2) is 0 Å². The molecule has 22 heavy (non-hydrogen) atoms. The summed E-state index contributed by atoms with van der Waals surface area (Å²) in [5.41, 5.74) is 0. The van der Waals surface area contributed by atoms with Crippen LogP contribution in [0.25, 0.3) is 0 Å². The number of ether oxygens (including phenoxy) is 1. The van der Waals surface area contributed by atoms with Gasteiger partial charge in [0.1, 0.15) is 0 Å². The van der Waals surface area contributed by atoms with Crippen molar-refractivity contribution in [3.8, 4) is 0 Å². The van der Waals surface area contributed by atoms with E-state index in [1.807, 2.05) is 0 Å². The molecular weight excluding hydrogens is 399 g/mol. The molecule has 0 N–H and O–H groups in total. The summed E-state index contributed by atoms with van der Waals surface area (Å²) in [5, 5.41) is 0. The van der Waals surface area contributed by atoms with Crippen LogP contribution in [0.4, 0.5) is 0 Å². The average molecular weight is 437 g/mol. The summed E-state index contributed by atoms with van der Waals surface area (Å²) in [5.74, 6) is -0.0720. The molecule has 0 aromatic rings. The van der Waals surface area contributed by atoms with Gasteiger partial charge in [-0.15, -0.1) is 0 Å². The fourth-order valence-corrected chi connectivity index (χ4v) is 4.38. The average Bonchev–Trinajstić information content (AvgIpc) is 2.50. The number of carbonyl (C=O) groups excluding carboxylic acids is 1. The molecule has 1 atom stereocenters. The number of esters is 1. The maximum atomic E-state index is 11.6. The Kier molecular flexibility index (Phi) is 16.9. The summed E-state index contributed by atoms with van der Waals surface area (Å²) in [6, 6.07) is 0. The van der Waals surface area contributed by atoms with Gasteiger partial charge in [-0.2, -0.15) is 0 Å². The van der Waals surface area contributed by atoms with Crippen LogP contribution in [-0.4, -0.2) is 35.6 Å². The van der Waals surface area contributed by atoms with E-state index in [-0.39, 0.29) is 9.24 Å². The second kappa shape index (κ2) is 16.5. The van der Waals surface area contributed by atoms with Gasteiger partial charge < -0.3 is 0 Å². The first kappa shape index (κ1) is 22.6. The maximum absolute atomic E-state index is 11.6. The summed E-state index contributed by atoms with van der Waals surface area (Å²) < 4.78 is 5.22. The van der Waals surface area contributed by atoms with Crippen molar-refractivity contribution >= 4 is 38.4 Å². The number of thiol groups is 1. The van der Waals surface area contributed by atoms with Crippen LogP contribution in [0.5, 0.6) is 0 Å². The summed E-state index contributed by atoms with van der Waals surface area (Å²) in [7, 11) is 0. The SMILES string of the molecule is CCCCCCCCCCCCCCOC(=O)[CH](S)[SnH]([CH3])[CH3]. The molecule has 0 saturated carbocycles. The Balaban J connectivity index is 3.19. The third-order valence-electron chi connectivity index (χ3n) is 4.12. The van der Waals surface area contributed by atoms with Gasteiger partial charge >= 0.3 is 119 Å². The summed E-state index contributed by atoms with van der Waals surface area (Å²) in [4.78, 5) is 16.0. The Morgan fingerprint density at radius 2 is 1.27 bits per heavy atom. The minimum absolute atomic E-state index is 0.0703. The van der Waals surface area contributed by atoms with Crippen molar-refractivity contribution in [1.29, 1.82) is 0 Å².